The van der Waals surface area contributed by atoms with Crippen LogP contribution in [0.1, 0.15) is 6.42 Å². The van der Waals surface area contributed by atoms with E-state index in [1.165, 1.54) is 24.3 Å². The molecule has 0 radical (unpaired) electrons. The van der Waals surface area contributed by atoms with E-state index in [0.29, 0.717) is 0 Å². The third-order valence-corrected chi connectivity index (χ3v) is 2.98. The number of hydrogen-bond donors (Lipinski definition) is 0. The number of carbonyl (C=O) groups is 2. The second kappa shape index (κ2) is 17.6. The summed E-state index contributed by atoms with van der Waals surface area (Å²) in [6.45, 7) is 18.2. The Bertz CT molecular complexity index is 531. The van der Waals surface area contributed by atoms with Gasteiger partial charge in [0, 0.05) is 5.57 Å². The lowest BCUT2D eigenvalue weighted by atomic mass is 10.2. The second-order valence-electron chi connectivity index (χ2n) is 5.41. The Morgan fingerprint density at radius 2 is 1.07 bits per heavy atom. The minimum atomic E-state index is -0.792. The van der Waals surface area contributed by atoms with Crippen molar-refractivity contribution in [2.24, 2.45) is 0 Å². The smallest absolute Gasteiger partial charge is 0.334 e. The molecule has 0 amide bonds. The van der Waals surface area contributed by atoms with Crippen LogP contribution in [0.15, 0.2) is 62.8 Å². The van der Waals surface area contributed by atoms with Crippen molar-refractivity contribution < 1.29 is 38.0 Å². The van der Waals surface area contributed by atoms with Gasteiger partial charge in [0.15, 0.2) is 12.6 Å². The van der Waals surface area contributed by atoms with E-state index in [4.69, 9.17) is 28.4 Å². The number of hydrogen-bond acceptors (Lipinski definition) is 8. The fourth-order valence-electron chi connectivity index (χ4n) is 1.69. The zero-order chi connectivity index (χ0) is 21.9. The largest absolute Gasteiger partial charge is 0.460 e. The zero-order valence-corrected chi connectivity index (χ0v) is 16.7. The molecule has 0 spiro atoms. The van der Waals surface area contributed by atoms with Gasteiger partial charge in [-0.15, -0.1) is 26.3 Å². The van der Waals surface area contributed by atoms with Crippen molar-refractivity contribution in [3.63, 3.8) is 0 Å². The summed E-state index contributed by atoms with van der Waals surface area (Å²) in [4.78, 5) is 23.9. The maximum atomic E-state index is 12.0. The predicted octanol–water partition coefficient (Wildman–Crippen LogP) is 2.48. The van der Waals surface area contributed by atoms with Gasteiger partial charge in [-0.2, -0.15) is 0 Å². The average Bonchev–Trinajstić information content (AvgIpc) is 2.72. The van der Waals surface area contributed by atoms with Crippen LogP contribution in [-0.4, -0.2) is 64.2 Å². The molecule has 0 fully saturated rings. The van der Waals surface area contributed by atoms with Crippen LogP contribution in [0.2, 0.25) is 0 Å². The molecule has 0 aliphatic rings. The lowest BCUT2D eigenvalue weighted by Crippen LogP contribution is -2.27. The van der Waals surface area contributed by atoms with Crippen LogP contribution < -0.4 is 0 Å². The van der Waals surface area contributed by atoms with E-state index in [9.17, 15) is 9.59 Å². The van der Waals surface area contributed by atoms with Crippen molar-refractivity contribution in [3.8, 4) is 0 Å². The van der Waals surface area contributed by atoms with Crippen molar-refractivity contribution >= 4 is 11.9 Å². The highest BCUT2D eigenvalue weighted by Gasteiger charge is 2.19. The number of carbonyl (C=O) groups excluding carboxylic acids is 2. The predicted molar refractivity (Wildman–Crippen MR) is 108 cm³/mol. The second-order valence-corrected chi connectivity index (χ2v) is 5.41. The molecule has 0 saturated heterocycles. The molecule has 0 aliphatic carbocycles. The van der Waals surface area contributed by atoms with E-state index in [1.54, 1.807) is 0 Å². The van der Waals surface area contributed by atoms with Crippen molar-refractivity contribution in [2.75, 3.05) is 39.6 Å². The topological polar surface area (TPSA) is 89.5 Å². The van der Waals surface area contributed by atoms with E-state index in [2.05, 4.69) is 32.9 Å². The first-order valence-corrected chi connectivity index (χ1v) is 8.88. The summed E-state index contributed by atoms with van der Waals surface area (Å²) in [6.07, 6.45) is 4.22. The molecule has 0 bridgehead atoms. The minimum absolute atomic E-state index is 0.0724. The SMILES string of the molecule is C=CCOC(COC(=O)CC(=C)C(=O)OCC(OCC=C)OCC=C)OCC=C. The highest BCUT2D eigenvalue weighted by molar-refractivity contribution is 5.93. The van der Waals surface area contributed by atoms with Gasteiger partial charge in [-0.25, -0.2) is 4.79 Å². The fourth-order valence-corrected chi connectivity index (χ4v) is 1.69. The molecule has 0 aromatic carbocycles. The molecule has 0 N–H and O–H groups in total. The molecule has 8 heteroatoms. The Morgan fingerprint density at radius 3 is 1.45 bits per heavy atom. The van der Waals surface area contributed by atoms with E-state index in [-0.39, 0.29) is 51.6 Å². The lowest BCUT2D eigenvalue weighted by Gasteiger charge is -2.18. The Labute approximate surface area is 172 Å². The van der Waals surface area contributed by atoms with Crippen molar-refractivity contribution in [1.29, 1.82) is 0 Å². The molecule has 29 heavy (non-hydrogen) atoms. The van der Waals surface area contributed by atoms with E-state index in [0.717, 1.165) is 0 Å². The van der Waals surface area contributed by atoms with Gasteiger partial charge >= 0.3 is 11.9 Å². The van der Waals surface area contributed by atoms with Gasteiger partial charge in [0.1, 0.15) is 13.2 Å². The van der Waals surface area contributed by atoms with Crippen LogP contribution in [0, 0.1) is 0 Å². The van der Waals surface area contributed by atoms with Gasteiger partial charge < -0.3 is 28.4 Å². The quantitative estimate of drug-likeness (QED) is 0.139. The first kappa shape index (κ1) is 26.5. The molecule has 0 rings (SSSR count). The van der Waals surface area contributed by atoms with Crippen molar-refractivity contribution in [3.05, 3.63) is 62.8 Å². The standard InChI is InChI=1S/C21H30O8/c1-6-10-24-19(25-11-7-2)15-28-18(22)14-17(5)21(23)29-16-20(26-12-8-3)27-13-9-4/h6-9,19-20H,1-5,10-16H2. The van der Waals surface area contributed by atoms with Crippen LogP contribution in [0.5, 0.6) is 0 Å². The molecule has 0 unspecified atom stereocenters. The van der Waals surface area contributed by atoms with E-state index < -0.39 is 24.5 Å². The summed E-state index contributed by atoms with van der Waals surface area (Å²) < 4.78 is 31.3. The van der Waals surface area contributed by atoms with Crippen LogP contribution in [-0.2, 0) is 38.0 Å². The van der Waals surface area contributed by atoms with Gasteiger partial charge in [0.05, 0.1) is 32.8 Å². The first-order chi connectivity index (χ1) is 14.0. The maximum Gasteiger partial charge on any atom is 0.334 e. The summed E-state index contributed by atoms with van der Waals surface area (Å²) in [5, 5.41) is 0. The molecule has 0 aromatic rings. The summed E-state index contributed by atoms with van der Waals surface area (Å²) in [7, 11) is 0. The Morgan fingerprint density at radius 1 is 0.690 bits per heavy atom. The van der Waals surface area contributed by atoms with Crippen LogP contribution in [0.4, 0.5) is 0 Å². The van der Waals surface area contributed by atoms with Crippen LogP contribution >= 0.6 is 0 Å². The molecule has 0 aromatic heterocycles. The number of esters is 2. The molecule has 8 nitrogen and oxygen atoms in total. The summed E-state index contributed by atoms with van der Waals surface area (Å²) in [5.41, 5.74) is -0.0724. The molecule has 0 atom stereocenters. The minimum Gasteiger partial charge on any atom is -0.460 e. The molecule has 0 aliphatic heterocycles. The third-order valence-electron chi connectivity index (χ3n) is 2.98. The molecular weight excluding hydrogens is 380 g/mol. The van der Waals surface area contributed by atoms with Crippen LogP contribution in [0.3, 0.4) is 0 Å². The van der Waals surface area contributed by atoms with Crippen LogP contribution in [0.25, 0.3) is 0 Å². The van der Waals surface area contributed by atoms with Crippen molar-refractivity contribution in [1.82, 2.24) is 0 Å². The molecule has 162 valence electrons. The number of rotatable bonds is 19. The Kier molecular flexibility index (Phi) is 16.0. The lowest BCUT2D eigenvalue weighted by molar-refractivity contribution is -0.176. The average molecular weight is 410 g/mol. The highest BCUT2D eigenvalue weighted by Crippen LogP contribution is 2.07. The summed E-state index contributed by atoms with van der Waals surface area (Å²) in [5.74, 6) is -1.44. The monoisotopic (exact) mass is 410 g/mol. The highest BCUT2D eigenvalue weighted by atomic mass is 16.7. The summed E-state index contributed by atoms with van der Waals surface area (Å²) in [6, 6.07) is 0. The zero-order valence-electron chi connectivity index (χ0n) is 16.7. The van der Waals surface area contributed by atoms with E-state index >= 15 is 0 Å². The Balaban J connectivity index is 4.37. The number of ether oxygens (including phenoxy) is 6. The fraction of sp³-hybridized carbons (Fsp3) is 0.429. The van der Waals surface area contributed by atoms with Crippen molar-refractivity contribution in [2.45, 2.75) is 19.0 Å². The van der Waals surface area contributed by atoms with Gasteiger partial charge in [0.25, 0.3) is 0 Å². The van der Waals surface area contributed by atoms with E-state index in [1.807, 2.05) is 0 Å². The van der Waals surface area contributed by atoms with Gasteiger partial charge in [0.2, 0.25) is 0 Å². The summed E-state index contributed by atoms with van der Waals surface area (Å²) >= 11 is 0. The molecule has 0 saturated carbocycles. The Hall–Kier alpha value is -2.52. The van der Waals surface area contributed by atoms with Gasteiger partial charge in [-0.3, -0.25) is 4.79 Å². The normalized spacial score (nSPS) is 10.4. The third kappa shape index (κ3) is 14.2. The maximum absolute atomic E-state index is 12.0. The molecule has 0 heterocycles. The molecular formula is C21H30O8. The van der Waals surface area contributed by atoms with Gasteiger partial charge in [-0.05, 0) is 0 Å². The first-order valence-electron chi connectivity index (χ1n) is 8.88. The van der Waals surface area contributed by atoms with Gasteiger partial charge in [-0.1, -0.05) is 30.9 Å².